The van der Waals surface area contributed by atoms with Gasteiger partial charge in [-0.3, -0.25) is 0 Å². The number of nitrogens with zero attached hydrogens (tertiary/aromatic N) is 1. The van der Waals surface area contributed by atoms with Crippen molar-refractivity contribution in [1.82, 2.24) is 9.55 Å². The zero-order valence-electron chi connectivity index (χ0n) is 10.4. The van der Waals surface area contributed by atoms with E-state index in [-0.39, 0.29) is 5.69 Å². The van der Waals surface area contributed by atoms with E-state index in [2.05, 4.69) is 18.1 Å². The van der Waals surface area contributed by atoms with E-state index in [1.807, 2.05) is 36.4 Å². The topological polar surface area (TPSA) is 42.2 Å². The lowest BCUT2D eigenvalue weighted by molar-refractivity contribution is -0.911. The van der Waals surface area contributed by atoms with E-state index in [9.17, 15) is 4.79 Å². The number of H-pyrrole nitrogens is 1. The maximum atomic E-state index is 11.9. The van der Waals surface area contributed by atoms with Crippen LogP contribution < -0.4 is 10.6 Å². The van der Waals surface area contributed by atoms with Crippen LogP contribution >= 0.6 is 0 Å². The number of benzene rings is 1. The van der Waals surface area contributed by atoms with Crippen LogP contribution in [0.1, 0.15) is 0 Å². The minimum atomic E-state index is -0.0678. The van der Waals surface area contributed by atoms with Crippen molar-refractivity contribution < 1.29 is 4.90 Å². The Balaban J connectivity index is 2.35. The zero-order chi connectivity index (χ0) is 13.0. The number of hydrogen-bond acceptors (Lipinski definition) is 1. The Bertz CT molecular complexity index is 599. The third kappa shape index (κ3) is 2.43. The molecule has 0 spiro atoms. The van der Waals surface area contributed by atoms with E-state index >= 15 is 0 Å². The molecular weight excluding hydrogens is 226 g/mol. The summed E-state index contributed by atoms with van der Waals surface area (Å²) in [6.07, 6.45) is 3.72. The molecule has 94 valence electrons. The van der Waals surface area contributed by atoms with Crippen LogP contribution in [-0.2, 0) is 6.67 Å². The summed E-state index contributed by atoms with van der Waals surface area (Å²) in [6, 6.07) is 7.72. The summed E-state index contributed by atoms with van der Waals surface area (Å²) in [5.41, 5.74) is 1.74. The molecular formula is C14H18N3O+. The summed E-state index contributed by atoms with van der Waals surface area (Å²) < 4.78 is 1.76. The van der Waals surface area contributed by atoms with Gasteiger partial charge in [-0.15, -0.1) is 0 Å². The summed E-state index contributed by atoms with van der Waals surface area (Å²) in [7, 11) is 0. The van der Waals surface area contributed by atoms with Gasteiger partial charge < -0.3 is 9.88 Å². The van der Waals surface area contributed by atoms with E-state index in [4.69, 9.17) is 0 Å². The Labute approximate surface area is 106 Å². The third-order valence-electron chi connectivity index (χ3n) is 2.93. The number of aromatic amines is 1. The second-order valence-corrected chi connectivity index (χ2v) is 4.27. The van der Waals surface area contributed by atoms with Crippen molar-refractivity contribution >= 4 is 11.0 Å². The molecule has 1 heterocycles. The van der Waals surface area contributed by atoms with Crippen LogP contribution in [0, 0.1) is 0 Å². The van der Waals surface area contributed by atoms with Gasteiger partial charge in [-0.25, -0.2) is 9.36 Å². The molecule has 0 saturated heterocycles. The predicted octanol–water partition coefficient (Wildman–Crippen LogP) is 0.544. The summed E-state index contributed by atoms with van der Waals surface area (Å²) in [5.74, 6) is 0. The molecule has 0 bridgehead atoms. The standard InChI is InChI=1S/C14H17N3O/c1-3-9-16(10-4-2)11-17-13-8-6-5-7-12(13)15-14(17)18/h3-8H,1-2,9-11H2,(H,15,18)/p+1. The van der Waals surface area contributed by atoms with Gasteiger partial charge in [-0.1, -0.05) is 25.3 Å². The highest BCUT2D eigenvalue weighted by atomic mass is 16.1. The first kappa shape index (κ1) is 12.4. The van der Waals surface area contributed by atoms with E-state index in [0.29, 0.717) is 6.67 Å². The van der Waals surface area contributed by atoms with Crippen molar-refractivity contribution in [2.24, 2.45) is 0 Å². The Morgan fingerprint density at radius 2 is 1.89 bits per heavy atom. The monoisotopic (exact) mass is 244 g/mol. The van der Waals surface area contributed by atoms with Crippen LogP contribution in [0.2, 0.25) is 0 Å². The fourth-order valence-corrected chi connectivity index (χ4v) is 2.11. The number of para-hydroxylation sites is 2. The van der Waals surface area contributed by atoms with Crippen molar-refractivity contribution in [2.75, 3.05) is 13.1 Å². The second kappa shape index (κ2) is 5.51. The van der Waals surface area contributed by atoms with Crippen LogP contribution in [0.15, 0.2) is 54.4 Å². The van der Waals surface area contributed by atoms with Crippen LogP contribution in [0.4, 0.5) is 0 Å². The number of hydrogen-bond donors (Lipinski definition) is 2. The minimum Gasteiger partial charge on any atom is -0.311 e. The van der Waals surface area contributed by atoms with Crippen LogP contribution in [-0.4, -0.2) is 22.6 Å². The van der Waals surface area contributed by atoms with E-state index in [0.717, 1.165) is 24.1 Å². The molecule has 4 nitrogen and oxygen atoms in total. The molecule has 18 heavy (non-hydrogen) atoms. The van der Waals surface area contributed by atoms with Gasteiger partial charge in [-0.2, -0.15) is 0 Å². The number of nitrogens with one attached hydrogen (secondary N) is 2. The normalized spacial score (nSPS) is 10.9. The van der Waals surface area contributed by atoms with E-state index in [1.54, 1.807) is 4.57 Å². The van der Waals surface area contributed by atoms with E-state index < -0.39 is 0 Å². The summed E-state index contributed by atoms with van der Waals surface area (Å²) in [6.45, 7) is 9.71. The molecule has 0 fully saturated rings. The average molecular weight is 244 g/mol. The van der Waals surface area contributed by atoms with Gasteiger partial charge in [0, 0.05) is 0 Å². The van der Waals surface area contributed by atoms with Gasteiger partial charge >= 0.3 is 5.69 Å². The van der Waals surface area contributed by atoms with Gasteiger partial charge in [0.15, 0.2) is 6.67 Å². The molecule has 2 aromatic rings. The molecule has 0 aliphatic heterocycles. The molecule has 0 unspecified atom stereocenters. The summed E-state index contributed by atoms with van der Waals surface area (Å²) in [5, 5.41) is 0. The molecule has 4 heteroatoms. The lowest BCUT2D eigenvalue weighted by atomic mass is 10.3. The molecule has 0 aliphatic rings. The second-order valence-electron chi connectivity index (χ2n) is 4.27. The highest BCUT2D eigenvalue weighted by molar-refractivity contribution is 5.74. The molecule has 2 N–H and O–H groups in total. The van der Waals surface area contributed by atoms with Crippen molar-refractivity contribution in [1.29, 1.82) is 0 Å². The smallest absolute Gasteiger partial charge is 0.311 e. The van der Waals surface area contributed by atoms with Gasteiger partial charge in [0.1, 0.15) is 0 Å². The summed E-state index contributed by atoms with van der Waals surface area (Å²) >= 11 is 0. The van der Waals surface area contributed by atoms with Gasteiger partial charge in [0.05, 0.1) is 24.1 Å². The minimum absolute atomic E-state index is 0.0678. The Morgan fingerprint density at radius 1 is 1.22 bits per heavy atom. The molecule has 0 aliphatic carbocycles. The molecule has 2 rings (SSSR count). The first-order chi connectivity index (χ1) is 8.76. The fourth-order valence-electron chi connectivity index (χ4n) is 2.11. The van der Waals surface area contributed by atoms with Gasteiger partial charge in [0.2, 0.25) is 0 Å². The number of aromatic nitrogens is 2. The van der Waals surface area contributed by atoms with Crippen LogP contribution in [0.5, 0.6) is 0 Å². The Kier molecular flexibility index (Phi) is 3.79. The average Bonchev–Trinajstić information content (AvgIpc) is 2.67. The largest absolute Gasteiger partial charge is 0.330 e. The first-order valence-electron chi connectivity index (χ1n) is 5.99. The maximum Gasteiger partial charge on any atom is 0.330 e. The third-order valence-corrected chi connectivity index (χ3v) is 2.93. The lowest BCUT2D eigenvalue weighted by Crippen LogP contribution is -3.11. The molecule has 1 aromatic heterocycles. The zero-order valence-corrected chi connectivity index (χ0v) is 10.4. The molecule has 0 saturated carbocycles. The molecule has 0 amide bonds. The Hall–Kier alpha value is -2.07. The van der Waals surface area contributed by atoms with Crippen molar-refractivity contribution in [3.63, 3.8) is 0 Å². The van der Waals surface area contributed by atoms with Crippen molar-refractivity contribution in [3.8, 4) is 0 Å². The number of rotatable bonds is 6. The highest BCUT2D eigenvalue weighted by Crippen LogP contribution is 2.07. The van der Waals surface area contributed by atoms with E-state index in [1.165, 1.54) is 4.90 Å². The molecule has 0 radical (unpaired) electrons. The maximum absolute atomic E-state index is 11.9. The van der Waals surface area contributed by atoms with Gasteiger partial charge in [-0.05, 0) is 24.3 Å². The first-order valence-corrected chi connectivity index (χ1v) is 5.99. The highest BCUT2D eigenvalue weighted by Gasteiger charge is 2.11. The summed E-state index contributed by atoms with van der Waals surface area (Å²) in [4.78, 5) is 16.0. The molecule has 1 aromatic carbocycles. The molecule has 0 atom stereocenters. The lowest BCUT2D eigenvalue weighted by Gasteiger charge is -2.16. The quantitative estimate of drug-likeness (QED) is 0.716. The fraction of sp³-hybridized carbons (Fsp3) is 0.214. The number of fused-ring (bicyclic) bond motifs is 1. The van der Waals surface area contributed by atoms with Crippen LogP contribution in [0.25, 0.3) is 11.0 Å². The predicted molar refractivity (Wildman–Crippen MR) is 73.6 cm³/mol. The van der Waals surface area contributed by atoms with Gasteiger partial charge in [0.25, 0.3) is 0 Å². The Morgan fingerprint density at radius 3 is 2.56 bits per heavy atom. The number of quaternary nitrogens is 1. The SMILES string of the molecule is C=CC[NH+](CC=C)Cn1c(=O)[nH]c2ccccc21. The van der Waals surface area contributed by atoms with Crippen LogP contribution in [0.3, 0.4) is 0 Å². The van der Waals surface area contributed by atoms with Crippen molar-refractivity contribution in [3.05, 3.63) is 60.1 Å². The van der Waals surface area contributed by atoms with Crippen molar-refractivity contribution in [2.45, 2.75) is 6.67 Å². The number of imidazole rings is 1.